The van der Waals surface area contributed by atoms with Crippen LogP contribution in [0.15, 0.2) is 24.3 Å². The minimum Gasteiger partial charge on any atom is -0.494 e. The molecule has 0 N–H and O–H groups in total. The highest BCUT2D eigenvalue weighted by atomic mass is 16.5. The second-order valence-electron chi connectivity index (χ2n) is 3.94. The number of quaternary nitrogens is 1. The van der Waals surface area contributed by atoms with E-state index in [0.717, 1.165) is 16.8 Å². The molecular formula is C11H18NO+. The van der Waals surface area contributed by atoms with E-state index in [2.05, 4.69) is 33.3 Å². The molecule has 0 amide bonds. The third-order valence-corrected chi connectivity index (χ3v) is 1.90. The van der Waals surface area contributed by atoms with Gasteiger partial charge in [-0.15, -0.1) is 0 Å². The largest absolute Gasteiger partial charge is 0.494 e. The van der Waals surface area contributed by atoms with Crippen LogP contribution in [0, 0.1) is 0 Å². The quantitative estimate of drug-likeness (QED) is 0.648. The van der Waals surface area contributed by atoms with Gasteiger partial charge in [-0.25, -0.2) is 0 Å². The van der Waals surface area contributed by atoms with Crippen LogP contribution in [0.5, 0.6) is 5.75 Å². The van der Waals surface area contributed by atoms with Gasteiger partial charge in [0.1, 0.15) is 11.4 Å². The van der Waals surface area contributed by atoms with Gasteiger partial charge in [-0.1, -0.05) is 6.07 Å². The van der Waals surface area contributed by atoms with Crippen molar-refractivity contribution in [3.63, 3.8) is 0 Å². The maximum atomic E-state index is 5.43. The van der Waals surface area contributed by atoms with Crippen molar-refractivity contribution < 1.29 is 4.74 Å². The first-order chi connectivity index (χ1) is 6.04. The minimum atomic E-state index is 0.723. The van der Waals surface area contributed by atoms with E-state index in [1.54, 1.807) is 0 Å². The molecule has 0 atom stereocenters. The van der Waals surface area contributed by atoms with Crippen LogP contribution in [0.1, 0.15) is 6.92 Å². The van der Waals surface area contributed by atoms with Gasteiger partial charge in [0, 0.05) is 6.07 Å². The highest BCUT2D eigenvalue weighted by Crippen LogP contribution is 2.22. The smallest absolute Gasteiger partial charge is 0.135 e. The van der Waals surface area contributed by atoms with E-state index in [-0.39, 0.29) is 0 Å². The molecule has 0 aliphatic heterocycles. The van der Waals surface area contributed by atoms with Gasteiger partial charge in [-0.2, -0.15) is 0 Å². The van der Waals surface area contributed by atoms with Crippen molar-refractivity contribution in [1.82, 2.24) is 4.48 Å². The van der Waals surface area contributed by atoms with E-state index in [1.807, 2.05) is 19.1 Å². The van der Waals surface area contributed by atoms with Crippen LogP contribution in [-0.4, -0.2) is 27.7 Å². The van der Waals surface area contributed by atoms with Crippen LogP contribution in [-0.2, 0) is 0 Å². The first kappa shape index (κ1) is 10.1. The fourth-order valence-corrected chi connectivity index (χ4v) is 1.16. The van der Waals surface area contributed by atoms with Gasteiger partial charge in [-0.05, 0) is 19.1 Å². The van der Waals surface area contributed by atoms with Gasteiger partial charge in [0.15, 0.2) is 0 Å². The van der Waals surface area contributed by atoms with Crippen LogP contribution in [0.2, 0.25) is 0 Å². The Balaban J connectivity index is 2.92. The van der Waals surface area contributed by atoms with E-state index in [0.29, 0.717) is 0 Å². The summed E-state index contributed by atoms with van der Waals surface area (Å²) in [5.74, 6) is 0.952. The van der Waals surface area contributed by atoms with Crippen molar-refractivity contribution in [2.75, 3.05) is 27.7 Å². The van der Waals surface area contributed by atoms with Crippen molar-refractivity contribution in [3.8, 4) is 5.75 Å². The molecule has 0 aromatic heterocycles. The first-order valence-corrected chi connectivity index (χ1v) is 4.59. The van der Waals surface area contributed by atoms with Gasteiger partial charge in [0.2, 0.25) is 0 Å². The lowest BCUT2D eigenvalue weighted by Gasteiger charge is -2.23. The molecule has 0 heterocycles. The van der Waals surface area contributed by atoms with E-state index in [4.69, 9.17) is 4.74 Å². The zero-order valence-electron chi connectivity index (χ0n) is 8.87. The van der Waals surface area contributed by atoms with Crippen molar-refractivity contribution in [2.45, 2.75) is 6.92 Å². The summed E-state index contributed by atoms with van der Waals surface area (Å²) in [6, 6.07) is 8.22. The highest BCUT2D eigenvalue weighted by Gasteiger charge is 2.11. The molecule has 2 nitrogen and oxygen atoms in total. The fraction of sp³-hybridized carbons (Fsp3) is 0.455. The Morgan fingerprint density at radius 2 is 1.92 bits per heavy atom. The molecule has 1 rings (SSSR count). The SMILES string of the molecule is CCOc1cccc([N+](C)(C)C)c1. The Bertz CT molecular complexity index is 276. The zero-order chi connectivity index (χ0) is 9.90. The predicted octanol–water partition coefficient (Wildman–Crippen LogP) is 2.28. The molecular weight excluding hydrogens is 162 g/mol. The van der Waals surface area contributed by atoms with Gasteiger partial charge < -0.3 is 4.74 Å². The molecule has 0 spiro atoms. The Hall–Kier alpha value is -1.02. The Morgan fingerprint density at radius 1 is 1.23 bits per heavy atom. The number of hydrogen-bond acceptors (Lipinski definition) is 1. The maximum absolute atomic E-state index is 5.43. The Morgan fingerprint density at radius 3 is 2.46 bits per heavy atom. The molecule has 1 aromatic carbocycles. The topological polar surface area (TPSA) is 9.23 Å². The molecule has 1 aromatic rings. The van der Waals surface area contributed by atoms with Crippen LogP contribution in [0.4, 0.5) is 5.69 Å². The van der Waals surface area contributed by atoms with E-state index in [1.165, 1.54) is 5.69 Å². The molecule has 0 unspecified atom stereocenters. The van der Waals surface area contributed by atoms with Crippen LogP contribution >= 0.6 is 0 Å². The fourth-order valence-electron chi connectivity index (χ4n) is 1.16. The number of ether oxygens (including phenoxy) is 1. The number of rotatable bonds is 3. The minimum absolute atomic E-state index is 0.723. The van der Waals surface area contributed by atoms with Gasteiger partial charge in [0.05, 0.1) is 27.7 Å². The number of hydrogen-bond donors (Lipinski definition) is 0. The molecule has 2 heteroatoms. The van der Waals surface area contributed by atoms with Crippen molar-refractivity contribution >= 4 is 5.69 Å². The van der Waals surface area contributed by atoms with Crippen LogP contribution in [0.25, 0.3) is 0 Å². The zero-order valence-corrected chi connectivity index (χ0v) is 8.87. The van der Waals surface area contributed by atoms with Gasteiger partial charge in [-0.3, -0.25) is 4.48 Å². The summed E-state index contributed by atoms with van der Waals surface area (Å²) in [6.45, 7) is 2.72. The second kappa shape index (κ2) is 3.79. The molecule has 13 heavy (non-hydrogen) atoms. The lowest BCUT2D eigenvalue weighted by molar-refractivity contribution is 0.339. The lowest BCUT2D eigenvalue weighted by atomic mass is 10.2. The average Bonchev–Trinajstić information content (AvgIpc) is 2.04. The van der Waals surface area contributed by atoms with Crippen molar-refractivity contribution in [2.24, 2.45) is 0 Å². The molecule has 0 radical (unpaired) electrons. The summed E-state index contributed by atoms with van der Waals surface area (Å²) < 4.78 is 6.25. The van der Waals surface area contributed by atoms with Crippen LogP contribution < -0.4 is 9.22 Å². The molecule has 0 saturated carbocycles. The normalized spacial score (nSPS) is 11.4. The van der Waals surface area contributed by atoms with Gasteiger partial charge >= 0.3 is 0 Å². The third kappa shape index (κ3) is 2.74. The molecule has 0 saturated heterocycles. The Kier molecular flexibility index (Phi) is 2.94. The molecule has 0 aliphatic rings. The van der Waals surface area contributed by atoms with Crippen molar-refractivity contribution in [3.05, 3.63) is 24.3 Å². The van der Waals surface area contributed by atoms with Crippen LogP contribution in [0.3, 0.4) is 0 Å². The lowest BCUT2D eigenvalue weighted by Crippen LogP contribution is -2.34. The van der Waals surface area contributed by atoms with Gasteiger partial charge in [0.25, 0.3) is 0 Å². The Labute approximate surface area is 80.3 Å². The first-order valence-electron chi connectivity index (χ1n) is 4.59. The molecule has 0 aliphatic carbocycles. The average molecular weight is 180 g/mol. The highest BCUT2D eigenvalue weighted by molar-refractivity contribution is 5.46. The summed E-state index contributed by atoms with van der Waals surface area (Å²) in [7, 11) is 6.43. The number of nitrogens with zero attached hydrogens (tertiary/aromatic N) is 1. The number of benzene rings is 1. The monoisotopic (exact) mass is 180 g/mol. The summed E-state index contributed by atoms with van der Waals surface area (Å²) in [4.78, 5) is 0. The maximum Gasteiger partial charge on any atom is 0.135 e. The molecule has 72 valence electrons. The molecule has 0 fully saturated rings. The van der Waals surface area contributed by atoms with E-state index in [9.17, 15) is 0 Å². The predicted molar refractivity (Wildman–Crippen MR) is 57.2 cm³/mol. The van der Waals surface area contributed by atoms with E-state index < -0.39 is 0 Å². The van der Waals surface area contributed by atoms with E-state index >= 15 is 0 Å². The summed E-state index contributed by atoms with van der Waals surface area (Å²) in [5, 5.41) is 0. The standard InChI is InChI=1S/C11H18NO/c1-5-13-11-8-6-7-10(9-11)12(2,3)4/h6-9H,5H2,1-4H3/q+1. The summed E-state index contributed by atoms with van der Waals surface area (Å²) >= 11 is 0. The third-order valence-electron chi connectivity index (χ3n) is 1.90. The summed E-state index contributed by atoms with van der Waals surface area (Å²) in [6.07, 6.45) is 0. The van der Waals surface area contributed by atoms with Crippen molar-refractivity contribution in [1.29, 1.82) is 0 Å². The summed E-state index contributed by atoms with van der Waals surface area (Å²) in [5.41, 5.74) is 1.26. The second-order valence-corrected chi connectivity index (χ2v) is 3.94. The molecule has 0 bridgehead atoms.